The summed E-state index contributed by atoms with van der Waals surface area (Å²) in [6.07, 6.45) is -0.104. The molecular formula is C10H12N2O6. The van der Waals surface area contributed by atoms with Crippen LogP contribution < -0.4 is 10.5 Å². The number of benzene rings is 1. The van der Waals surface area contributed by atoms with E-state index in [1.807, 2.05) is 0 Å². The Bertz CT molecular complexity index is 488. The number of phenolic OH excluding ortho intramolecular Hbond substituents is 1. The van der Waals surface area contributed by atoms with E-state index in [4.69, 9.17) is 15.6 Å². The van der Waals surface area contributed by atoms with E-state index in [0.29, 0.717) is 5.56 Å². The minimum absolute atomic E-state index is 0.100. The van der Waals surface area contributed by atoms with E-state index in [1.165, 1.54) is 13.2 Å². The number of nitro groups is 1. The zero-order valence-corrected chi connectivity index (χ0v) is 9.49. The second kappa shape index (κ2) is 5.32. The van der Waals surface area contributed by atoms with Gasteiger partial charge in [-0.25, -0.2) is 0 Å². The van der Waals surface area contributed by atoms with Gasteiger partial charge in [-0.15, -0.1) is 0 Å². The quantitative estimate of drug-likeness (QED) is 0.507. The number of carbonyl (C=O) groups is 1. The maximum Gasteiger partial charge on any atom is 0.320 e. The van der Waals surface area contributed by atoms with E-state index >= 15 is 0 Å². The molecule has 0 aliphatic heterocycles. The van der Waals surface area contributed by atoms with Crippen molar-refractivity contribution in [1.82, 2.24) is 0 Å². The maximum atomic E-state index is 10.7. The molecule has 0 radical (unpaired) electrons. The average molecular weight is 256 g/mol. The molecule has 0 fully saturated rings. The molecule has 0 saturated carbocycles. The molecule has 0 unspecified atom stereocenters. The van der Waals surface area contributed by atoms with Crippen LogP contribution >= 0.6 is 0 Å². The lowest BCUT2D eigenvalue weighted by Crippen LogP contribution is -2.32. The molecule has 1 aromatic rings. The monoisotopic (exact) mass is 256 g/mol. The van der Waals surface area contributed by atoms with Crippen molar-refractivity contribution in [1.29, 1.82) is 0 Å². The third kappa shape index (κ3) is 2.86. The number of rotatable bonds is 5. The van der Waals surface area contributed by atoms with Gasteiger partial charge in [0.15, 0.2) is 5.75 Å². The molecule has 1 atom stereocenters. The van der Waals surface area contributed by atoms with Gasteiger partial charge in [0.25, 0.3) is 0 Å². The molecule has 4 N–H and O–H groups in total. The minimum Gasteiger partial charge on any atom is -0.500 e. The van der Waals surface area contributed by atoms with Gasteiger partial charge < -0.3 is 20.7 Å². The number of carboxylic acid groups (broad SMARTS) is 1. The first-order valence-electron chi connectivity index (χ1n) is 4.89. The van der Waals surface area contributed by atoms with Crippen molar-refractivity contribution >= 4 is 11.7 Å². The van der Waals surface area contributed by atoms with E-state index < -0.39 is 28.4 Å². The van der Waals surface area contributed by atoms with Crippen LogP contribution in [0.15, 0.2) is 12.1 Å². The minimum atomic E-state index is -1.22. The summed E-state index contributed by atoms with van der Waals surface area (Å²) in [6, 6.07) is 1.20. The average Bonchev–Trinajstić information content (AvgIpc) is 2.30. The summed E-state index contributed by atoms with van der Waals surface area (Å²) < 4.78 is 4.78. The van der Waals surface area contributed by atoms with E-state index in [1.54, 1.807) is 0 Å². The van der Waals surface area contributed by atoms with Gasteiger partial charge in [-0.1, -0.05) is 0 Å². The summed E-state index contributed by atoms with van der Waals surface area (Å²) in [6.45, 7) is 0. The van der Waals surface area contributed by atoms with E-state index in [9.17, 15) is 20.0 Å². The van der Waals surface area contributed by atoms with Gasteiger partial charge in [0.1, 0.15) is 6.04 Å². The number of hydrogen-bond donors (Lipinski definition) is 3. The second-order valence-corrected chi connectivity index (χ2v) is 3.57. The summed E-state index contributed by atoms with van der Waals surface area (Å²) in [5, 5.41) is 28.9. The Hall–Kier alpha value is -2.35. The Morgan fingerprint density at radius 1 is 1.61 bits per heavy atom. The number of ether oxygens (including phenoxy) is 1. The highest BCUT2D eigenvalue weighted by Gasteiger charge is 2.21. The zero-order valence-electron chi connectivity index (χ0n) is 9.49. The van der Waals surface area contributed by atoms with Gasteiger partial charge in [0.05, 0.1) is 12.0 Å². The molecule has 98 valence electrons. The number of nitrogens with two attached hydrogens (primary N) is 1. The molecular weight excluding hydrogens is 244 g/mol. The topological polar surface area (TPSA) is 136 Å². The molecule has 8 heteroatoms. The van der Waals surface area contributed by atoms with Gasteiger partial charge in [-0.05, 0) is 18.1 Å². The van der Waals surface area contributed by atoms with Crippen molar-refractivity contribution in [3.05, 3.63) is 27.8 Å². The number of aromatic hydroxyl groups is 1. The normalized spacial score (nSPS) is 11.9. The number of aliphatic carboxylic acids is 1. The van der Waals surface area contributed by atoms with Gasteiger partial charge in [-0.2, -0.15) is 0 Å². The molecule has 0 aliphatic rings. The number of carboxylic acids is 1. The van der Waals surface area contributed by atoms with Crippen molar-refractivity contribution in [2.75, 3.05) is 7.11 Å². The van der Waals surface area contributed by atoms with Crippen molar-refractivity contribution in [3.8, 4) is 11.5 Å². The molecule has 1 rings (SSSR count). The molecule has 0 spiro atoms. The molecule has 0 bridgehead atoms. The first-order valence-corrected chi connectivity index (χ1v) is 4.89. The molecule has 1 aromatic carbocycles. The number of nitrogens with zero attached hydrogens (tertiary/aromatic N) is 1. The van der Waals surface area contributed by atoms with Crippen molar-refractivity contribution < 1.29 is 24.7 Å². The van der Waals surface area contributed by atoms with Crippen LogP contribution in [0.1, 0.15) is 5.56 Å². The van der Waals surface area contributed by atoms with Gasteiger partial charge in [-0.3, -0.25) is 14.9 Å². The number of phenols is 1. The second-order valence-electron chi connectivity index (χ2n) is 3.57. The highest BCUT2D eigenvalue weighted by atomic mass is 16.6. The van der Waals surface area contributed by atoms with Gasteiger partial charge >= 0.3 is 11.7 Å². The summed E-state index contributed by atoms with van der Waals surface area (Å²) in [4.78, 5) is 20.5. The fraction of sp³-hybridized carbons (Fsp3) is 0.300. The molecule has 0 amide bonds. The lowest BCUT2D eigenvalue weighted by Gasteiger charge is -2.09. The number of hydrogen-bond acceptors (Lipinski definition) is 6. The van der Waals surface area contributed by atoms with Crippen LogP contribution in [0.4, 0.5) is 5.69 Å². The molecule has 0 heterocycles. The van der Waals surface area contributed by atoms with Gasteiger partial charge in [0.2, 0.25) is 5.75 Å². The summed E-state index contributed by atoms with van der Waals surface area (Å²) in [7, 11) is 1.24. The largest absolute Gasteiger partial charge is 0.500 e. The Morgan fingerprint density at radius 3 is 2.67 bits per heavy atom. The molecule has 0 saturated heterocycles. The first-order chi connectivity index (χ1) is 8.36. The highest BCUT2D eigenvalue weighted by molar-refractivity contribution is 5.73. The first kappa shape index (κ1) is 13.7. The highest BCUT2D eigenvalue weighted by Crippen LogP contribution is 2.37. The van der Waals surface area contributed by atoms with E-state index in [2.05, 4.69) is 0 Å². The third-order valence-electron chi connectivity index (χ3n) is 2.30. The third-order valence-corrected chi connectivity index (χ3v) is 2.30. The van der Waals surface area contributed by atoms with Crippen LogP contribution in [0.3, 0.4) is 0 Å². The van der Waals surface area contributed by atoms with Crippen LogP contribution in [-0.2, 0) is 11.2 Å². The Morgan fingerprint density at radius 2 is 2.22 bits per heavy atom. The van der Waals surface area contributed by atoms with E-state index in [-0.39, 0.29) is 12.2 Å². The SMILES string of the molecule is COc1cc(C[C@H](N)C(=O)O)cc([N+](=O)[O-])c1O. The summed E-state index contributed by atoms with van der Waals surface area (Å²) in [5.41, 5.74) is 5.08. The predicted molar refractivity (Wildman–Crippen MR) is 60.6 cm³/mol. The van der Waals surface area contributed by atoms with E-state index in [0.717, 1.165) is 6.07 Å². The van der Waals surface area contributed by atoms with Crippen LogP contribution in [0.2, 0.25) is 0 Å². The fourth-order valence-electron chi connectivity index (χ4n) is 1.40. The standard InChI is InChI=1S/C10H12N2O6/c1-18-8-4-5(2-6(11)10(14)15)3-7(9(8)13)12(16)17/h3-4,6,13H,2,11H2,1H3,(H,14,15)/t6-/m0/s1. The van der Waals surface area contributed by atoms with Gasteiger partial charge in [0, 0.05) is 6.07 Å². The Kier molecular flexibility index (Phi) is 4.05. The van der Waals surface area contributed by atoms with Crippen LogP contribution in [0.25, 0.3) is 0 Å². The fourth-order valence-corrected chi connectivity index (χ4v) is 1.40. The Balaban J connectivity index is 3.18. The molecule has 0 aromatic heterocycles. The molecule has 8 nitrogen and oxygen atoms in total. The zero-order chi connectivity index (χ0) is 13.9. The lowest BCUT2D eigenvalue weighted by molar-refractivity contribution is -0.386. The van der Waals surface area contributed by atoms with Crippen molar-refractivity contribution in [3.63, 3.8) is 0 Å². The van der Waals surface area contributed by atoms with Crippen LogP contribution in [0, 0.1) is 10.1 Å². The smallest absolute Gasteiger partial charge is 0.320 e. The van der Waals surface area contributed by atoms with Crippen molar-refractivity contribution in [2.45, 2.75) is 12.5 Å². The number of methoxy groups -OCH3 is 1. The molecule has 0 aliphatic carbocycles. The lowest BCUT2D eigenvalue weighted by atomic mass is 10.0. The van der Waals surface area contributed by atoms with Crippen molar-refractivity contribution in [2.24, 2.45) is 5.73 Å². The summed E-state index contributed by atoms with van der Waals surface area (Å²) in [5.74, 6) is -1.92. The maximum absolute atomic E-state index is 10.7. The number of nitro benzene ring substituents is 1. The predicted octanol–water partition coefficient (Wildman–Crippen LogP) is 0.263. The van der Waals surface area contributed by atoms with Crippen LogP contribution in [0.5, 0.6) is 11.5 Å². The molecule has 18 heavy (non-hydrogen) atoms. The summed E-state index contributed by atoms with van der Waals surface area (Å²) >= 11 is 0. The van der Waals surface area contributed by atoms with Crippen LogP contribution in [-0.4, -0.2) is 34.3 Å². The Labute approximate surface area is 102 Å².